The smallest absolute Gasteiger partial charge is 0.258 e. The van der Waals surface area contributed by atoms with Crippen LogP contribution in [0.4, 0.5) is 10.1 Å². The Morgan fingerprint density at radius 1 is 1.25 bits per heavy atom. The largest absolute Gasteiger partial charge is 0.286 e. The molecule has 0 N–H and O–H groups in total. The van der Waals surface area contributed by atoms with E-state index in [4.69, 9.17) is 0 Å². The highest BCUT2D eigenvalue weighted by molar-refractivity contribution is 8.01. The van der Waals surface area contributed by atoms with Crippen molar-refractivity contribution in [3.63, 3.8) is 0 Å². The number of para-hydroxylation sites is 1. The van der Waals surface area contributed by atoms with Crippen molar-refractivity contribution in [1.29, 1.82) is 0 Å². The van der Waals surface area contributed by atoms with Crippen LogP contribution in [0.1, 0.15) is 0 Å². The minimum Gasteiger partial charge on any atom is -0.258 e. The molecule has 0 aliphatic rings. The Morgan fingerprint density at radius 3 is 2.80 bits per heavy atom. The van der Waals surface area contributed by atoms with Gasteiger partial charge in [0.1, 0.15) is 5.82 Å². The molecule has 0 saturated heterocycles. The van der Waals surface area contributed by atoms with Crippen LogP contribution in [0.3, 0.4) is 0 Å². The number of nitro benzene ring substituents is 1. The number of nitrogens with zero attached hydrogens (tertiary/aromatic N) is 2. The second-order valence-electron chi connectivity index (χ2n) is 3.92. The second-order valence-corrected chi connectivity index (χ2v) is 6.24. The zero-order chi connectivity index (χ0) is 14.1. The number of aromatic nitrogens is 1. The summed E-state index contributed by atoms with van der Waals surface area (Å²) in [6.45, 7) is 0. The summed E-state index contributed by atoms with van der Waals surface area (Å²) in [7, 11) is 0. The van der Waals surface area contributed by atoms with Gasteiger partial charge in [-0.1, -0.05) is 23.9 Å². The van der Waals surface area contributed by atoms with Crippen molar-refractivity contribution in [2.45, 2.75) is 9.24 Å². The topological polar surface area (TPSA) is 56.0 Å². The molecule has 0 aliphatic heterocycles. The van der Waals surface area contributed by atoms with Gasteiger partial charge in [0, 0.05) is 0 Å². The van der Waals surface area contributed by atoms with E-state index in [1.54, 1.807) is 0 Å². The lowest BCUT2D eigenvalue weighted by atomic mass is 10.3. The maximum Gasteiger partial charge on any atom is 0.286 e. The highest BCUT2D eigenvalue weighted by Gasteiger charge is 2.17. The fraction of sp³-hybridized carbons (Fsp3) is 0. The molecule has 0 spiro atoms. The molecule has 0 saturated carbocycles. The fourth-order valence-corrected chi connectivity index (χ4v) is 3.82. The van der Waals surface area contributed by atoms with Crippen molar-refractivity contribution in [2.75, 3.05) is 0 Å². The summed E-state index contributed by atoms with van der Waals surface area (Å²) in [5.41, 5.74) is 0.610. The molecule has 0 unspecified atom stereocenters. The molecular formula is C13H7FN2O2S2. The van der Waals surface area contributed by atoms with Crippen molar-refractivity contribution in [2.24, 2.45) is 0 Å². The molecule has 1 aromatic heterocycles. The van der Waals surface area contributed by atoms with Crippen LogP contribution in [-0.2, 0) is 0 Å². The van der Waals surface area contributed by atoms with E-state index in [0.29, 0.717) is 9.24 Å². The van der Waals surface area contributed by atoms with Crippen molar-refractivity contribution in [1.82, 2.24) is 4.98 Å². The van der Waals surface area contributed by atoms with Gasteiger partial charge in [-0.05, 0) is 24.3 Å². The number of hydrogen-bond acceptors (Lipinski definition) is 5. The lowest BCUT2D eigenvalue weighted by Gasteiger charge is -1.99. The van der Waals surface area contributed by atoms with E-state index in [1.807, 2.05) is 24.3 Å². The molecule has 3 aromatic rings. The van der Waals surface area contributed by atoms with E-state index in [2.05, 4.69) is 4.98 Å². The van der Waals surface area contributed by atoms with Gasteiger partial charge in [-0.2, -0.15) is 0 Å². The summed E-state index contributed by atoms with van der Waals surface area (Å²) in [5.74, 6) is -0.620. The first-order valence-corrected chi connectivity index (χ1v) is 7.24. The normalized spacial score (nSPS) is 10.8. The van der Waals surface area contributed by atoms with E-state index < -0.39 is 10.7 Å². The number of halogens is 1. The summed E-state index contributed by atoms with van der Waals surface area (Å²) in [4.78, 5) is 15.1. The van der Waals surface area contributed by atoms with Gasteiger partial charge in [-0.25, -0.2) is 9.37 Å². The molecule has 0 amide bonds. The molecule has 4 nitrogen and oxygen atoms in total. The van der Waals surface area contributed by atoms with Crippen LogP contribution in [0, 0.1) is 15.9 Å². The maximum atomic E-state index is 13.1. The molecule has 0 atom stereocenters. The molecule has 0 radical (unpaired) electrons. The summed E-state index contributed by atoms with van der Waals surface area (Å²) in [6.07, 6.45) is 0. The number of rotatable bonds is 3. The van der Waals surface area contributed by atoms with Crippen LogP contribution in [0.15, 0.2) is 51.7 Å². The van der Waals surface area contributed by atoms with Crippen LogP contribution >= 0.6 is 23.1 Å². The molecule has 20 heavy (non-hydrogen) atoms. The summed E-state index contributed by atoms with van der Waals surface area (Å²) in [6, 6.07) is 11.2. The van der Waals surface area contributed by atoms with Gasteiger partial charge in [0.15, 0.2) is 4.34 Å². The first-order valence-electron chi connectivity index (χ1n) is 5.61. The monoisotopic (exact) mass is 306 g/mol. The first-order chi connectivity index (χ1) is 9.63. The van der Waals surface area contributed by atoms with Gasteiger partial charge < -0.3 is 0 Å². The zero-order valence-electron chi connectivity index (χ0n) is 9.95. The lowest BCUT2D eigenvalue weighted by Crippen LogP contribution is -1.91. The van der Waals surface area contributed by atoms with Crippen LogP contribution in [0.25, 0.3) is 10.2 Å². The van der Waals surface area contributed by atoms with Crippen LogP contribution in [-0.4, -0.2) is 9.91 Å². The molecule has 0 fully saturated rings. The van der Waals surface area contributed by atoms with E-state index in [-0.39, 0.29) is 5.69 Å². The zero-order valence-corrected chi connectivity index (χ0v) is 11.6. The predicted molar refractivity (Wildman–Crippen MR) is 76.8 cm³/mol. The maximum absolute atomic E-state index is 13.1. The third-order valence-corrected chi connectivity index (χ3v) is 4.75. The molecule has 2 aromatic carbocycles. The average molecular weight is 306 g/mol. The lowest BCUT2D eigenvalue weighted by molar-refractivity contribution is -0.387. The number of benzene rings is 2. The molecule has 7 heteroatoms. The van der Waals surface area contributed by atoms with E-state index in [0.717, 1.165) is 16.3 Å². The highest BCUT2D eigenvalue weighted by Crippen LogP contribution is 2.38. The Balaban J connectivity index is 2.00. The Labute approximate surface area is 121 Å². The second kappa shape index (κ2) is 5.18. The Kier molecular flexibility index (Phi) is 3.37. The van der Waals surface area contributed by atoms with Crippen LogP contribution < -0.4 is 0 Å². The van der Waals surface area contributed by atoms with E-state index in [1.165, 1.54) is 35.2 Å². The molecule has 0 bridgehead atoms. The van der Waals surface area contributed by atoms with Gasteiger partial charge in [0.05, 0.1) is 26.1 Å². The van der Waals surface area contributed by atoms with Gasteiger partial charge in [0.25, 0.3) is 5.69 Å². The number of fused-ring (bicyclic) bond motifs is 1. The Hall–Kier alpha value is -1.99. The molecule has 0 aliphatic carbocycles. The first kappa shape index (κ1) is 13.0. The van der Waals surface area contributed by atoms with Gasteiger partial charge in [0.2, 0.25) is 0 Å². The SMILES string of the molecule is O=[N+]([O-])c1cc(F)ccc1Sc1nc2ccccc2s1. The predicted octanol–water partition coefficient (Wildman–Crippen LogP) is 4.49. The fourth-order valence-electron chi connectivity index (χ4n) is 1.71. The van der Waals surface area contributed by atoms with Crippen LogP contribution in [0.2, 0.25) is 0 Å². The van der Waals surface area contributed by atoms with Crippen LogP contribution in [0.5, 0.6) is 0 Å². The number of nitro groups is 1. The molecule has 100 valence electrons. The third kappa shape index (κ3) is 2.50. The van der Waals surface area contributed by atoms with E-state index in [9.17, 15) is 14.5 Å². The van der Waals surface area contributed by atoms with Gasteiger partial charge in [-0.15, -0.1) is 11.3 Å². The highest BCUT2D eigenvalue weighted by atomic mass is 32.2. The minimum absolute atomic E-state index is 0.241. The summed E-state index contributed by atoms with van der Waals surface area (Å²) in [5, 5.41) is 10.9. The third-order valence-electron chi connectivity index (χ3n) is 2.59. The standard InChI is InChI=1S/C13H7FN2O2S2/c14-8-5-6-12(10(7-8)16(17)18)20-13-15-9-3-1-2-4-11(9)19-13/h1-7H. The average Bonchev–Trinajstić information content (AvgIpc) is 2.82. The van der Waals surface area contributed by atoms with Crippen molar-refractivity contribution in [3.8, 4) is 0 Å². The minimum atomic E-state index is -0.620. The summed E-state index contributed by atoms with van der Waals surface area (Å²) >= 11 is 2.63. The molecular weight excluding hydrogens is 299 g/mol. The Bertz CT molecular complexity index is 771. The number of hydrogen-bond donors (Lipinski definition) is 0. The van der Waals surface area contributed by atoms with E-state index >= 15 is 0 Å². The van der Waals surface area contributed by atoms with Gasteiger partial charge >= 0.3 is 0 Å². The molecule has 3 rings (SSSR count). The number of thiazole rings is 1. The molecule has 1 heterocycles. The summed E-state index contributed by atoms with van der Waals surface area (Å²) < 4.78 is 14.8. The quantitative estimate of drug-likeness (QED) is 0.528. The van der Waals surface area contributed by atoms with Gasteiger partial charge in [-0.3, -0.25) is 10.1 Å². The van der Waals surface area contributed by atoms with Crippen molar-refractivity contribution in [3.05, 3.63) is 58.4 Å². The van der Waals surface area contributed by atoms with Crippen molar-refractivity contribution >= 4 is 39.0 Å². The van der Waals surface area contributed by atoms with Crippen molar-refractivity contribution < 1.29 is 9.31 Å². The Morgan fingerprint density at radius 2 is 2.05 bits per heavy atom.